The number of nitrogens with one attached hydrogen (secondary N) is 2. The van der Waals surface area contributed by atoms with Gasteiger partial charge in [0.25, 0.3) is 0 Å². The van der Waals surface area contributed by atoms with Gasteiger partial charge in [-0.1, -0.05) is 42.5 Å². The van der Waals surface area contributed by atoms with Crippen LogP contribution in [0, 0.1) is 0 Å². The molecular formula is C16H15N2O2. The van der Waals surface area contributed by atoms with E-state index in [2.05, 4.69) is 10.6 Å². The Morgan fingerprint density at radius 2 is 1.65 bits per heavy atom. The average molecular weight is 267 g/mol. The van der Waals surface area contributed by atoms with Crippen LogP contribution < -0.4 is 10.6 Å². The van der Waals surface area contributed by atoms with Crippen molar-refractivity contribution in [1.82, 2.24) is 0 Å². The molecule has 0 saturated heterocycles. The van der Waals surface area contributed by atoms with Crippen LogP contribution in [0.2, 0.25) is 0 Å². The summed E-state index contributed by atoms with van der Waals surface area (Å²) in [6.07, 6.45) is 3.26. The zero-order chi connectivity index (χ0) is 14.2. The van der Waals surface area contributed by atoms with Crippen LogP contribution in [0.4, 0.5) is 16.2 Å². The van der Waals surface area contributed by atoms with Gasteiger partial charge in [0, 0.05) is 11.4 Å². The highest BCUT2D eigenvalue weighted by atomic mass is 16.2. The molecule has 0 atom stereocenters. The Bertz CT molecular complexity index is 594. The number of carbonyl (C=O) groups excluding carboxylic acids is 1. The molecule has 0 saturated carbocycles. The maximum atomic E-state index is 11.8. The summed E-state index contributed by atoms with van der Waals surface area (Å²) in [5.74, 6) is 0. The predicted octanol–water partition coefficient (Wildman–Crippen LogP) is 3.77. The number of para-hydroxylation sites is 1. The van der Waals surface area contributed by atoms with Gasteiger partial charge < -0.3 is 10.6 Å². The van der Waals surface area contributed by atoms with Gasteiger partial charge in [-0.05, 0) is 29.8 Å². The zero-order valence-electron chi connectivity index (χ0n) is 10.9. The SMILES string of the molecule is [O]CC=Cc1cccc(NC(=O)Nc2ccccc2)c1. The van der Waals surface area contributed by atoms with Gasteiger partial charge in [-0.25, -0.2) is 9.90 Å². The van der Waals surface area contributed by atoms with Crippen molar-refractivity contribution < 1.29 is 9.90 Å². The highest BCUT2D eigenvalue weighted by Crippen LogP contribution is 2.13. The minimum Gasteiger partial charge on any atom is -0.308 e. The number of anilines is 2. The van der Waals surface area contributed by atoms with Crippen LogP contribution in [0.3, 0.4) is 0 Å². The van der Waals surface area contributed by atoms with Crippen molar-refractivity contribution in [3.8, 4) is 0 Å². The van der Waals surface area contributed by atoms with Gasteiger partial charge >= 0.3 is 6.03 Å². The van der Waals surface area contributed by atoms with Gasteiger partial charge in [0.2, 0.25) is 0 Å². The molecule has 0 aliphatic heterocycles. The molecule has 101 valence electrons. The lowest BCUT2D eigenvalue weighted by Crippen LogP contribution is -2.19. The Morgan fingerprint density at radius 3 is 2.40 bits per heavy atom. The lowest BCUT2D eigenvalue weighted by Gasteiger charge is -2.08. The third kappa shape index (κ3) is 4.26. The second kappa shape index (κ2) is 7.11. The van der Waals surface area contributed by atoms with E-state index in [0.29, 0.717) is 5.69 Å². The number of amides is 2. The van der Waals surface area contributed by atoms with Crippen LogP contribution in [0.1, 0.15) is 5.56 Å². The largest absolute Gasteiger partial charge is 0.323 e. The van der Waals surface area contributed by atoms with E-state index in [1.807, 2.05) is 42.5 Å². The molecule has 0 bridgehead atoms. The first-order valence-corrected chi connectivity index (χ1v) is 6.26. The van der Waals surface area contributed by atoms with Crippen LogP contribution in [0.5, 0.6) is 0 Å². The molecule has 4 heteroatoms. The third-order valence-corrected chi connectivity index (χ3v) is 2.58. The number of urea groups is 1. The Labute approximate surface area is 117 Å². The molecule has 2 aromatic carbocycles. The van der Waals surface area contributed by atoms with E-state index in [1.165, 1.54) is 6.08 Å². The summed E-state index contributed by atoms with van der Waals surface area (Å²) in [5.41, 5.74) is 2.28. The quantitative estimate of drug-likeness (QED) is 0.870. The van der Waals surface area contributed by atoms with Crippen LogP contribution in [0.25, 0.3) is 6.08 Å². The fourth-order valence-corrected chi connectivity index (χ4v) is 1.72. The lowest BCUT2D eigenvalue weighted by atomic mass is 10.2. The van der Waals surface area contributed by atoms with Crippen molar-refractivity contribution in [2.45, 2.75) is 0 Å². The van der Waals surface area contributed by atoms with Crippen molar-refractivity contribution in [2.75, 3.05) is 17.2 Å². The summed E-state index contributed by atoms with van der Waals surface area (Å²) in [4.78, 5) is 11.8. The first-order valence-electron chi connectivity index (χ1n) is 6.26. The fraction of sp³-hybridized carbons (Fsp3) is 0.0625. The average Bonchev–Trinajstić information content (AvgIpc) is 2.46. The molecule has 4 nitrogen and oxygen atoms in total. The van der Waals surface area contributed by atoms with Gasteiger partial charge in [0.05, 0.1) is 0 Å². The van der Waals surface area contributed by atoms with Crippen molar-refractivity contribution in [2.24, 2.45) is 0 Å². The van der Waals surface area contributed by atoms with Crippen molar-refractivity contribution >= 4 is 23.5 Å². The Balaban J connectivity index is 1.99. The van der Waals surface area contributed by atoms with Crippen molar-refractivity contribution in [3.63, 3.8) is 0 Å². The minimum atomic E-state index is -0.304. The Hall–Kier alpha value is -2.59. The van der Waals surface area contributed by atoms with E-state index >= 15 is 0 Å². The van der Waals surface area contributed by atoms with E-state index in [4.69, 9.17) is 0 Å². The van der Waals surface area contributed by atoms with Gasteiger partial charge in [-0.2, -0.15) is 0 Å². The first kappa shape index (κ1) is 13.8. The normalized spacial score (nSPS) is 10.4. The van der Waals surface area contributed by atoms with Crippen LogP contribution in [0.15, 0.2) is 60.7 Å². The van der Waals surface area contributed by atoms with E-state index in [9.17, 15) is 9.90 Å². The maximum Gasteiger partial charge on any atom is 0.323 e. The molecule has 2 rings (SSSR count). The van der Waals surface area contributed by atoms with Crippen molar-refractivity contribution in [3.05, 3.63) is 66.2 Å². The number of hydrogen-bond donors (Lipinski definition) is 2. The fourth-order valence-electron chi connectivity index (χ4n) is 1.72. The second-order valence-electron chi connectivity index (χ2n) is 4.14. The summed E-state index contributed by atoms with van der Waals surface area (Å²) in [6.45, 7) is -0.258. The third-order valence-electron chi connectivity index (χ3n) is 2.58. The second-order valence-corrected chi connectivity index (χ2v) is 4.14. The van der Waals surface area contributed by atoms with Crippen molar-refractivity contribution in [1.29, 1.82) is 0 Å². The summed E-state index contributed by atoms with van der Waals surface area (Å²) < 4.78 is 0. The number of rotatable bonds is 4. The zero-order valence-corrected chi connectivity index (χ0v) is 10.9. The van der Waals surface area contributed by atoms with E-state index in [0.717, 1.165) is 11.3 Å². The molecule has 0 aromatic heterocycles. The van der Waals surface area contributed by atoms with Gasteiger partial charge in [-0.15, -0.1) is 0 Å². The first-order chi connectivity index (χ1) is 9.78. The van der Waals surface area contributed by atoms with E-state index in [-0.39, 0.29) is 12.6 Å². The molecule has 0 heterocycles. The summed E-state index contributed by atoms with van der Waals surface area (Å²) in [6, 6.07) is 16.2. The molecule has 0 unspecified atom stereocenters. The van der Waals surface area contributed by atoms with E-state index in [1.54, 1.807) is 18.2 Å². The lowest BCUT2D eigenvalue weighted by molar-refractivity contribution is 0.233. The molecular weight excluding hydrogens is 252 g/mol. The standard InChI is InChI=1S/C16H15N2O2/c19-11-5-7-13-6-4-10-15(12-13)18-16(20)17-14-8-2-1-3-9-14/h1-10,12H,11H2,(H2,17,18,20). The summed E-state index contributed by atoms with van der Waals surface area (Å²) in [5, 5.41) is 15.9. The van der Waals surface area contributed by atoms with Crippen LogP contribution in [-0.2, 0) is 5.11 Å². The van der Waals surface area contributed by atoms with Gasteiger partial charge in [0.1, 0.15) is 6.61 Å². The Morgan fingerprint density at radius 1 is 0.950 bits per heavy atom. The topological polar surface area (TPSA) is 61.0 Å². The molecule has 20 heavy (non-hydrogen) atoms. The number of carbonyl (C=O) groups is 1. The molecule has 2 aromatic rings. The van der Waals surface area contributed by atoms with Gasteiger partial charge in [0.15, 0.2) is 0 Å². The smallest absolute Gasteiger partial charge is 0.308 e. The summed E-state index contributed by atoms with van der Waals surface area (Å²) in [7, 11) is 0. The monoisotopic (exact) mass is 267 g/mol. The number of hydrogen-bond acceptors (Lipinski definition) is 1. The molecule has 0 spiro atoms. The van der Waals surface area contributed by atoms with Gasteiger partial charge in [-0.3, -0.25) is 0 Å². The van der Waals surface area contributed by atoms with E-state index < -0.39 is 0 Å². The predicted molar refractivity (Wildman–Crippen MR) is 80.1 cm³/mol. The molecule has 2 amide bonds. The molecule has 1 radical (unpaired) electrons. The number of benzene rings is 2. The molecule has 0 fully saturated rings. The highest BCUT2D eigenvalue weighted by molar-refractivity contribution is 5.99. The summed E-state index contributed by atoms with van der Waals surface area (Å²) >= 11 is 0. The molecule has 0 aliphatic rings. The Kier molecular flexibility index (Phi) is 4.92. The molecule has 0 aliphatic carbocycles. The van der Waals surface area contributed by atoms with Crippen LogP contribution >= 0.6 is 0 Å². The molecule has 2 N–H and O–H groups in total. The minimum absolute atomic E-state index is 0.258. The maximum absolute atomic E-state index is 11.8. The van der Waals surface area contributed by atoms with Crippen LogP contribution in [-0.4, -0.2) is 12.6 Å². The highest BCUT2D eigenvalue weighted by Gasteiger charge is 2.02.